The van der Waals surface area contributed by atoms with Gasteiger partial charge in [0.15, 0.2) is 0 Å². The topological polar surface area (TPSA) is 58.2 Å². The van der Waals surface area contributed by atoms with E-state index in [1.807, 2.05) is 0 Å². The zero-order chi connectivity index (χ0) is 8.85. The van der Waals surface area contributed by atoms with Crippen LogP contribution in [0.25, 0.3) is 0 Å². The number of carbonyl (C=O) groups is 2. The highest BCUT2D eigenvalue weighted by atomic mass is 16.2. The molecule has 4 heteroatoms. The van der Waals surface area contributed by atoms with Crippen LogP contribution in [0.3, 0.4) is 0 Å². The Morgan fingerprint density at radius 3 is 2.36 bits per heavy atom. The van der Waals surface area contributed by atoms with E-state index >= 15 is 0 Å². The molecule has 0 heterocycles. The SMILES string of the molecule is CNC(C)C(=O)NC(C)C=O. The fraction of sp³-hybridized carbons (Fsp3) is 0.714. The highest BCUT2D eigenvalue weighted by Crippen LogP contribution is 1.81. The lowest BCUT2D eigenvalue weighted by Crippen LogP contribution is -2.44. The van der Waals surface area contributed by atoms with Crippen LogP contribution in [-0.2, 0) is 9.59 Å². The van der Waals surface area contributed by atoms with Crippen molar-refractivity contribution in [1.29, 1.82) is 0 Å². The quantitative estimate of drug-likeness (QED) is 0.532. The molecule has 0 aliphatic heterocycles. The second-order valence-corrected chi connectivity index (χ2v) is 2.44. The first kappa shape index (κ1) is 10.1. The van der Waals surface area contributed by atoms with Crippen LogP contribution in [-0.4, -0.2) is 31.3 Å². The lowest BCUT2D eigenvalue weighted by molar-refractivity contribution is -0.125. The Hall–Kier alpha value is -0.900. The highest BCUT2D eigenvalue weighted by molar-refractivity contribution is 5.83. The first-order valence-corrected chi connectivity index (χ1v) is 3.54. The van der Waals surface area contributed by atoms with E-state index in [4.69, 9.17) is 0 Å². The van der Waals surface area contributed by atoms with Gasteiger partial charge in [-0.1, -0.05) is 0 Å². The molecule has 0 spiro atoms. The van der Waals surface area contributed by atoms with E-state index in [9.17, 15) is 9.59 Å². The molecule has 0 fully saturated rings. The maximum Gasteiger partial charge on any atom is 0.237 e. The van der Waals surface area contributed by atoms with Gasteiger partial charge in [-0.05, 0) is 20.9 Å². The third-order valence-corrected chi connectivity index (χ3v) is 1.40. The largest absolute Gasteiger partial charge is 0.346 e. The molecule has 0 aliphatic rings. The zero-order valence-corrected chi connectivity index (χ0v) is 7.05. The number of likely N-dealkylation sites (N-methyl/N-ethyl adjacent to an activating group) is 1. The van der Waals surface area contributed by atoms with Gasteiger partial charge in [-0.3, -0.25) is 4.79 Å². The van der Waals surface area contributed by atoms with E-state index in [0.717, 1.165) is 0 Å². The van der Waals surface area contributed by atoms with Crippen molar-refractivity contribution in [2.75, 3.05) is 7.05 Å². The van der Waals surface area contributed by atoms with Gasteiger partial charge < -0.3 is 15.4 Å². The third kappa shape index (κ3) is 3.72. The fourth-order valence-electron chi connectivity index (χ4n) is 0.515. The van der Waals surface area contributed by atoms with E-state index in [-0.39, 0.29) is 11.9 Å². The minimum atomic E-state index is -0.404. The summed E-state index contributed by atoms with van der Waals surface area (Å²) < 4.78 is 0. The van der Waals surface area contributed by atoms with Crippen molar-refractivity contribution in [3.05, 3.63) is 0 Å². The van der Waals surface area contributed by atoms with E-state index in [1.165, 1.54) is 0 Å². The van der Waals surface area contributed by atoms with Crippen LogP contribution in [0.5, 0.6) is 0 Å². The van der Waals surface area contributed by atoms with Gasteiger partial charge in [-0.2, -0.15) is 0 Å². The van der Waals surface area contributed by atoms with Crippen LogP contribution >= 0.6 is 0 Å². The van der Waals surface area contributed by atoms with Crippen molar-refractivity contribution < 1.29 is 9.59 Å². The van der Waals surface area contributed by atoms with Crippen molar-refractivity contribution >= 4 is 12.2 Å². The monoisotopic (exact) mass is 158 g/mol. The van der Waals surface area contributed by atoms with E-state index in [1.54, 1.807) is 20.9 Å². The molecular weight excluding hydrogens is 144 g/mol. The summed E-state index contributed by atoms with van der Waals surface area (Å²) in [7, 11) is 1.69. The van der Waals surface area contributed by atoms with Gasteiger partial charge in [0.25, 0.3) is 0 Å². The van der Waals surface area contributed by atoms with Crippen LogP contribution < -0.4 is 10.6 Å². The maximum atomic E-state index is 11.0. The number of rotatable bonds is 4. The third-order valence-electron chi connectivity index (χ3n) is 1.40. The second kappa shape index (κ2) is 4.85. The first-order chi connectivity index (χ1) is 5.11. The zero-order valence-electron chi connectivity index (χ0n) is 7.05. The summed E-state index contributed by atoms with van der Waals surface area (Å²) in [6, 6.07) is -0.657. The van der Waals surface area contributed by atoms with Crippen LogP contribution in [0.15, 0.2) is 0 Å². The molecule has 0 saturated heterocycles. The minimum Gasteiger partial charge on any atom is -0.346 e. The summed E-state index contributed by atoms with van der Waals surface area (Å²) in [5, 5.41) is 5.28. The molecule has 64 valence electrons. The summed E-state index contributed by atoms with van der Waals surface area (Å²) in [5.41, 5.74) is 0. The van der Waals surface area contributed by atoms with Gasteiger partial charge in [0.05, 0.1) is 12.1 Å². The number of hydrogen-bond donors (Lipinski definition) is 2. The Kier molecular flexibility index (Phi) is 4.45. The van der Waals surface area contributed by atoms with E-state index in [0.29, 0.717) is 6.29 Å². The first-order valence-electron chi connectivity index (χ1n) is 3.54. The Morgan fingerprint density at radius 2 is 2.00 bits per heavy atom. The Bertz CT molecular complexity index is 147. The molecule has 0 aromatic heterocycles. The maximum absolute atomic E-state index is 11.0. The molecule has 0 rings (SSSR count). The van der Waals surface area contributed by atoms with Crippen molar-refractivity contribution in [1.82, 2.24) is 10.6 Å². The molecule has 4 nitrogen and oxygen atoms in total. The normalized spacial score (nSPS) is 15.2. The van der Waals surface area contributed by atoms with Crippen molar-refractivity contribution in [2.45, 2.75) is 25.9 Å². The van der Waals surface area contributed by atoms with Gasteiger partial charge in [0.2, 0.25) is 5.91 Å². The average molecular weight is 158 g/mol. The summed E-state index contributed by atoms with van der Waals surface area (Å²) in [5.74, 6) is -0.160. The number of nitrogens with one attached hydrogen (secondary N) is 2. The predicted octanol–water partition coefficient (Wildman–Crippen LogP) is -0.702. The minimum absolute atomic E-state index is 0.160. The Labute approximate surface area is 66.4 Å². The van der Waals surface area contributed by atoms with Gasteiger partial charge >= 0.3 is 0 Å². The summed E-state index contributed by atoms with van der Waals surface area (Å²) >= 11 is 0. The van der Waals surface area contributed by atoms with Crippen LogP contribution in [0.1, 0.15) is 13.8 Å². The molecule has 0 aromatic carbocycles. The molecular formula is C7H14N2O2. The number of carbonyl (C=O) groups excluding carboxylic acids is 2. The summed E-state index contributed by atoms with van der Waals surface area (Å²) in [6.07, 6.45) is 0.695. The van der Waals surface area contributed by atoms with Crippen LogP contribution in [0.2, 0.25) is 0 Å². The molecule has 0 aliphatic carbocycles. The van der Waals surface area contributed by atoms with Gasteiger partial charge in [-0.25, -0.2) is 0 Å². The summed E-state index contributed by atoms with van der Waals surface area (Å²) in [4.78, 5) is 21.1. The average Bonchev–Trinajstić information content (AvgIpc) is 2.02. The van der Waals surface area contributed by atoms with Gasteiger partial charge in [0.1, 0.15) is 6.29 Å². The van der Waals surface area contributed by atoms with Gasteiger partial charge in [-0.15, -0.1) is 0 Å². The van der Waals surface area contributed by atoms with Gasteiger partial charge in [0, 0.05) is 0 Å². The number of hydrogen-bond acceptors (Lipinski definition) is 3. The molecule has 0 saturated carbocycles. The number of amides is 1. The predicted molar refractivity (Wildman–Crippen MR) is 42.2 cm³/mol. The van der Waals surface area contributed by atoms with Crippen molar-refractivity contribution in [3.8, 4) is 0 Å². The lowest BCUT2D eigenvalue weighted by Gasteiger charge is -2.12. The molecule has 0 aromatic rings. The number of aldehydes is 1. The molecule has 2 atom stereocenters. The van der Waals surface area contributed by atoms with E-state index < -0.39 is 6.04 Å². The molecule has 0 radical (unpaired) electrons. The van der Waals surface area contributed by atoms with Crippen molar-refractivity contribution in [2.24, 2.45) is 0 Å². The second-order valence-electron chi connectivity index (χ2n) is 2.44. The van der Waals surface area contributed by atoms with Crippen molar-refractivity contribution in [3.63, 3.8) is 0 Å². The molecule has 1 amide bonds. The fourth-order valence-corrected chi connectivity index (χ4v) is 0.515. The standard InChI is InChI=1S/C7H14N2O2/c1-5(4-10)9-7(11)6(2)8-3/h4-6,8H,1-3H3,(H,9,11). The van der Waals surface area contributed by atoms with Crippen LogP contribution in [0, 0.1) is 0 Å². The molecule has 11 heavy (non-hydrogen) atoms. The highest BCUT2D eigenvalue weighted by Gasteiger charge is 2.11. The molecule has 0 bridgehead atoms. The Balaban J connectivity index is 3.76. The summed E-state index contributed by atoms with van der Waals surface area (Å²) in [6.45, 7) is 3.36. The van der Waals surface area contributed by atoms with Crippen LogP contribution in [0.4, 0.5) is 0 Å². The lowest BCUT2D eigenvalue weighted by atomic mass is 10.3. The smallest absolute Gasteiger partial charge is 0.237 e. The molecule has 2 N–H and O–H groups in total. The van der Waals surface area contributed by atoms with E-state index in [2.05, 4.69) is 10.6 Å². The Morgan fingerprint density at radius 1 is 1.45 bits per heavy atom. The molecule has 2 unspecified atom stereocenters.